The SMILES string of the molecule is [Al+3].[Al+3].[O-2].[O-2].[O-2].[Ru].[Ru]. The van der Waals surface area contributed by atoms with E-state index in [9.17, 15) is 0 Å². The van der Waals surface area contributed by atoms with E-state index in [1.807, 2.05) is 0 Å². The van der Waals surface area contributed by atoms with Gasteiger partial charge in [0.15, 0.2) is 0 Å². The van der Waals surface area contributed by atoms with Crippen molar-refractivity contribution >= 4 is 34.7 Å². The third-order valence-corrected chi connectivity index (χ3v) is 0. The van der Waals surface area contributed by atoms with Crippen molar-refractivity contribution < 1.29 is 55.4 Å². The monoisotopic (exact) mass is 306 g/mol. The van der Waals surface area contributed by atoms with Gasteiger partial charge in [0.2, 0.25) is 0 Å². The second kappa shape index (κ2) is 88.2. The predicted octanol–water partition coefficient (Wildman–Crippen LogP) is -1.12. The first-order valence-electron chi connectivity index (χ1n) is 0. The van der Waals surface area contributed by atoms with Crippen molar-refractivity contribution in [3.63, 3.8) is 0 Å². The van der Waals surface area contributed by atoms with Crippen molar-refractivity contribution in [3.05, 3.63) is 0 Å². The zero-order valence-corrected chi connectivity index (χ0v) is 8.87. The second-order valence-corrected chi connectivity index (χ2v) is 0. The summed E-state index contributed by atoms with van der Waals surface area (Å²) >= 11 is 0. The van der Waals surface area contributed by atoms with Gasteiger partial charge in [0.25, 0.3) is 0 Å². The molecular formula is Al2O3Ru2. The standard InChI is InChI=1S/2Al.3O.2Ru/q2*+3;3*-2;;. The van der Waals surface area contributed by atoms with E-state index in [1.54, 1.807) is 0 Å². The second-order valence-electron chi connectivity index (χ2n) is 0. The normalized spacial score (nSPS) is 0. The molecule has 40 valence electrons. The van der Waals surface area contributed by atoms with E-state index in [2.05, 4.69) is 0 Å². The molecule has 0 aliphatic rings. The van der Waals surface area contributed by atoms with Gasteiger partial charge >= 0.3 is 34.7 Å². The molecule has 0 aromatic carbocycles. The Morgan fingerprint density at radius 3 is 0.429 bits per heavy atom. The van der Waals surface area contributed by atoms with Crippen LogP contribution in [0.4, 0.5) is 0 Å². The molecule has 0 rings (SSSR count). The summed E-state index contributed by atoms with van der Waals surface area (Å²) in [7, 11) is 0. The summed E-state index contributed by atoms with van der Waals surface area (Å²) in [5.74, 6) is 0. The van der Waals surface area contributed by atoms with Crippen LogP contribution in [0.1, 0.15) is 0 Å². The van der Waals surface area contributed by atoms with Gasteiger partial charge in [-0.25, -0.2) is 0 Å². The largest absolute Gasteiger partial charge is 3.00 e. The summed E-state index contributed by atoms with van der Waals surface area (Å²) in [4.78, 5) is 0. The Kier molecular flexibility index (Phi) is 1620. The first-order chi connectivity index (χ1) is 0. The minimum atomic E-state index is 0. The van der Waals surface area contributed by atoms with Crippen LogP contribution in [0.25, 0.3) is 0 Å². The molecule has 7 heteroatoms. The van der Waals surface area contributed by atoms with E-state index in [1.165, 1.54) is 0 Å². The molecule has 0 aromatic heterocycles. The van der Waals surface area contributed by atoms with E-state index in [0.29, 0.717) is 0 Å². The van der Waals surface area contributed by atoms with Crippen LogP contribution in [0.5, 0.6) is 0 Å². The maximum absolute atomic E-state index is 0. The number of hydrogen-bond acceptors (Lipinski definition) is 0. The van der Waals surface area contributed by atoms with Crippen molar-refractivity contribution in [1.29, 1.82) is 0 Å². The van der Waals surface area contributed by atoms with Crippen LogP contribution < -0.4 is 0 Å². The molecule has 3 nitrogen and oxygen atoms in total. The molecule has 0 fully saturated rings. The van der Waals surface area contributed by atoms with Crippen molar-refractivity contribution in [2.75, 3.05) is 0 Å². The van der Waals surface area contributed by atoms with Crippen molar-refractivity contribution in [1.82, 2.24) is 0 Å². The minimum absolute atomic E-state index is 0. The summed E-state index contributed by atoms with van der Waals surface area (Å²) in [6, 6.07) is 0. The summed E-state index contributed by atoms with van der Waals surface area (Å²) in [5.41, 5.74) is 0. The fraction of sp³-hybridized carbons (Fsp3) is 0. The number of rotatable bonds is 0. The van der Waals surface area contributed by atoms with Crippen molar-refractivity contribution in [2.24, 2.45) is 0 Å². The van der Waals surface area contributed by atoms with E-state index in [-0.39, 0.29) is 90.1 Å². The molecule has 0 radical (unpaired) electrons. The Morgan fingerprint density at radius 2 is 0.429 bits per heavy atom. The molecular weight excluding hydrogens is 304 g/mol. The van der Waals surface area contributed by atoms with Gasteiger partial charge in [0, 0.05) is 39.0 Å². The average molecular weight is 304 g/mol. The fourth-order valence-electron chi connectivity index (χ4n) is 0. The third kappa shape index (κ3) is 65.4. The number of hydrogen-bond donors (Lipinski definition) is 0. The van der Waals surface area contributed by atoms with Crippen LogP contribution in [-0.2, 0) is 55.4 Å². The van der Waals surface area contributed by atoms with E-state index in [4.69, 9.17) is 0 Å². The van der Waals surface area contributed by atoms with Gasteiger partial charge in [0.05, 0.1) is 0 Å². The summed E-state index contributed by atoms with van der Waals surface area (Å²) < 4.78 is 0. The van der Waals surface area contributed by atoms with Crippen LogP contribution in [0.15, 0.2) is 0 Å². The molecule has 7 heavy (non-hydrogen) atoms. The van der Waals surface area contributed by atoms with Gasteiger partial charge in [-0.1, -0.05) is 0 Å². The van der Waals surface area contributed by atoms with Crippen LogP contribution in [0, 0.1) is 0 Å². The van der Waals surface area contributed by atoms with E-state index < -0.39 is 0 Å². The molecule has 0 aliphatic heterocycles. The zero-order valence-electron chi connectivity index (χ0n) is 3.09. The predicted molar refractivity (Wildman–Crippen MR) is 13.6 cm³/mol. The summed E-state index contributed by atoms with van der Waals surface area (Å²) in [6.07, 6.45) is 0. The average Bonchev–Trinajstić information content (AvgIpc) is 0. The minimum Gasteiger partial charge on any atom is -2.00 e. The molecule has 0 atom stereocenters. The Labute approximate surface area is 89.3 Å². The van der Waals surface area contributed by atoms with Gasteiger partial charge in [-0.05, 0) is 0 Å². The third-order valence-electron chi connectivity index (χ3n) is 0. The Morgan fingerprint density at radius 1 is 0.429 bits per heavy atom. The van der Waals surface area contributed by atoms with E-state index >= 15 is 0 Å². The van der Waals surface area contributed by atoms with Crippen molar-refractivity contribution in [2.45, 2.75) is 0 Å². The Balaban J connectivity index is 0. The molecule has 0 aliphatic carbocycles. The smallest absolute Gasteiger partial charge is 2.00 e. The van der Waals surface area contributed by atoms with Gasteiger partial charge in [-0.2, -0.15) is 0 Å². The Hall–Kier alpha value is 2.19. The molecule has 0 aromatic rings. The summed E-state index contributed by atoms with van der Waals surface area (Å²) in [5, 5.41) is 0. The maximum atomic E-state index is 0. The Bertz CT molecular complexity index is 10.9. The molecule has 0 N–H and O–H groups in total. The van der Waals surface area contributed by atoms with Crippen LogP contribution in [0.2, 0.25) is 0 Å². The molecule has 0 amide bonds. The maximum Gasteiger partial charge on any atom is 3.00 e. The molecule has 0 spiro atoms. The van der Waals surface area contributed by atoms with Gasteiger partial charge in [-0.15, -0.1) is 0 Å². The molecule has 0 heterocycles. The molecule has 0 saturated heterocycles. The zero-order chi connectivity index (χ0) is 0. The molecule has 0 saturated carbocycles. The van der Waals surface area contributed by atoms with Gasteiger partial charge in [0.1, 0.15) is 0 Å². The first kappa shape index (κ1) is 128. The quantitative estimate of drug-likeness (QED) is 0.508. The topological polar surface area (TPSA) is 85.5 Å². The summed E-state index contributed by atoms with van der Waals surface area (Å²) in [6.45, 7) is 0. The van der Waals surface area contributed by atoms with Gasteiger partial charge < -0.3 is 16.4 Å². The van der Waals surface area contributed by atoms with Gasteiger partial charge in [-0.3, -0.25) is 0 Å². The van der Waals surface area contributed by atoms with Crippen LogP contribution >= 0.6 is 0 Å². The molecule has 0 bridgehead atoms. The van der Waals surface area contributed by atoms with Crippen LogP contribution in [-0.4, -0.2) is 34.7 Å². The van der Waals surface area contributed by atoms with E-state index in [0.717, 1.165) is 0 Å². The first-order valence-corrected chi connectivity index (χ1v) is 0. The van der Waals surface area contributed by atoms with Crippen LogP contribution in [0.3, 0.4) is 0 Å². The molecule has 0 unspecified atom stereocenters. The fourth-order valence-corrected chi connectivity index (χ4v) is 0. The van der Waals surface area contributed by atoms with Crippen molar-refractivity contribution in [3.8, 4) is 0 Å².